The summed E-state index contributed by atoms with van der Waals surface area (Å²) in [6, 6.07) is 5.26. The van der Waals surface area contributed by atoms with Gasteiger partial charge in [-0.05, 0) is 33.9 Å². The Bertz CT molecular complexity index is 530. The zero-order valence-electron chi connectivity index (χ0n) is 13.2. The van der Waals surface area contributed by atoms with Crippen molar-refractivity contribution in [2.45, 2.75) is 26.3 Å². The predicted molar refractivity (Wildman–Crippen MR) is 86.2 cm³/mol. The summed E-state index contributed by atoms with van der Waals surface area (Å²) in [5.41, 5.74) is 1.92. The molecule has 1 saturated heterocycles. The monoisotopic (exact) mass is 292 g/mol. The minimum atomic E-state index is -0.328. The third kappa shape index (κ3) is 3.44. The number of likely N-dealkylation sites (N-methyl/N-ethyl adjacent to an activating group) is 1. The summed E-state index contributed by atoms with van der Waals surface area (Å²) >= 11 is 0. The number of piperazine rings is 1. The highest BCUT2D eigenvalue weighted by Gasteiger charge is 2.31. The number of nitrogens with zero attached hydrogens (tertiary/aromatic N) is 3. The molecular formula is C15H24N4O2. The molecule has 21 heavy (non-hydrogen) atoms. The summed E-state index contributed by atoms with van der Waals surface area (Å²) in [5, 5.41) is 14.3. The number of nitrogens with one attached hydrogen (secondary N) is 1. The van der Waals surface area contributed by atoms with Crippen LogP contribution in [0.1, 0.15) is 20.8 Å². The topological polar surface area (TPSA) is 61.6 Å². The van der Waals surface area contributed by atoms with Gasteiger partial charge in [0.2, 0.25) is 0 Å². The Morgan fingerprint density at radius 1 is 1.33 bits per heavy atom. The van der Waals surface area contributed by atoms with Gasteiger partial charge in [-0.1, -0.05) is 0 Å². The van der Waals surface area contributed by atoms with Gasteiger partial charge in [-0.15, -0.1) is 0 Å². The van der Waals surface area contributed by atoms with Crippen molar-refractivity contribution in [2.75, 3.05) is 43.4 Å². The number of rotatable bonds is 4. The fraction of sp³-hybridized carbons (Fsp3) is 0.600. The van der Waals surface area contributed by atoms with Gasteiger partial charge in [-0.2, -0.15) is 0 Å². The van der Waals surface area contributed by atoms with Crippen LogP contribution >= 0.6 is 0 Å². The molecule has 1 fully saturated rings. The molecule has 0 bridgehead atoms. The van der Waals surface area contributed by atoms with Crippen LogP contribution in [0.4, 0.5) is 17.1 Å². The molecule has 116 valence electrons. The molecule has 1 heterocycles. The Morgan fingerprint density at radius 2 is 2.05 bits per heavy atom. The van der Waals surface area contributed by atoms with E-state index in [9.17, 15) is 10.1 Å². The Hall–Kier alpha value is -1.82. The van der Waals surface area contributed by atoms with Crippen molar-refractivity contribution in [1.29, 1.82) is 0 Å². The van der Waals surface area contributed by atoms with Gasteiger partial charge in [-0.25, -0.2) is 0 Å². The van der Waals surface area contributed by atoms with E-state index in [0.717, 1.165) is 37.6 Å². The van der Waals surface area contributed by atoms with E-state index in [1.165, 1.54) is 0 Å². The van der Waals surface area contributed by atoms with Gasteiger partial charge in [0.1, 0.15) is 0 Å². The third-order valence-electron chi connectivity index (χ3n) is 4.18. The number of benzene rings is 1. The quantitative estimate of drug-likeness (QED) is 0.682. The number of anilines is 2. The maximum absolute atomic E-state index is 11.1. The molecule has 0 radical (unpaired) electrons. The van der Waals surface area contributed by atoms with Crippen molar-refractivity contribution in [1.82, 2.24) is 4.90 Å². The Balaban J connectivity index is 2.32. The molecule has 0 unspecified atom stereocenters. The van der Waals surface area contributed by atoms with E-state index in [4.69, 9.17) is 0 Å². The molecule has 0 amide bonds. The molecular weight excluding hydrogens is 268 g/mol. The van der Waals surface area contributed by atoms with E-state index in [2.05, 4.69) is 36.0 Å². The minimum absolute atomic E-state index is 0.0568. The van der Waals surface area contributed by atoms with Crippen LogP contribution in [0.5, 0.6) is 0 Å². The third-order valence-corrected chi connectivity index (χ3v) is 4.18. The first-order chi connectivity index (χ1) is 9.83. The molecule has 1 aromatic carbocycles. The second-order valence-corrected chi connectivity index (χ2v) is 6.18. The van der Waals surface area contributed by atoms with Crippen molar-refractivity contribution in [3.8, 4) is 0 Å². The van der Waals surface area contributed by atoms with E-state index in [-0.39, 0.29) is 16.1 Å². The van der Waals surface area contributed by atoms with Gasteiger partial charge in [0.15, 0.2) is 0 Å². The average Bonchev–Trinajstić information content (AvgIpc) is 2.41. The molecule has 0 atom stereocenters. The normalized spacial score (nSPS) is 18.6. The Morgan fingerprint density at radius 3 is 2.62 bits per heavy atom. The fourth-order valence-corrected chi connectivity index (χ4v) is 2.65. The largest absolute Gasteiger partial charge is 0.385 e. The summed E-state index contributed by atoms with van der Waals surface area (Å²) < 4.78 is 0. The molecule has 0 saturated carbocycles. The zero-order valence-corrected chi connectivity index (χ0v) is 13.2. The van der Waals surface area contributed by atoms with Crippen molar-refractivity contribution >= 4 is 17.1 Å². The summed E-state index contributed by atoms with van der Waals surface area (Å²) in [6.45, 7) is 9.81. The van der Waals surface area contributed by atoms with Crippen LogP contribution in [0.25, 0.3) is 0 Å². The molecule has 0 aromatic heterocycles. The van der Waals surface area contributed by atoms with Crippen molar-refractivity contribution in [2.24, 2.45) is 0 Å². The van der Waals surface area contributed by atoms with Gasteiger partial charge in [-0.3, -0.25) is 15.0 Å². The molecule has 0 aliphatic carbocycles. The molecule has 1 aromatic rings. The smallest absolute Gasteiger partial charge is 0.273 e. The lowest BCUT2D eigenvalue weighted by Crippen LogP contribution is -2.57. The van der Waals surface area contributed by atoms with Crippen LogP contribution in [-0.4, -0.2) is 48.6 Å². The first-order valence-electron chi connectivity index (χ1n) is 7.33. The Labute approximate surface area is 125 Å². The van der Waals surface area contributed by atoms with Gasteiger partial charge in [0.05, 0.1) is 4.92 Å². The molecule has 1 aliphatic rings. The molecule has 2 rings (SSSR count). The van der Waals surface area contributed by atoms with E-state index >= 15 is 0 Å². The van der Waals surface area contributed by atoms with Gasteiger partial charge in [0.25, 0.3) is 5.69 Å². The summed E-state index contributed by atoms with van der Waals surface area (Å²) in [7, 11) is 2.12. The van der Waals surface area contributed by atoms with Crippen LogP contribution in [0.2, 0.25) is 0 Å². The SMILES string of the molecule is CCNc1cc(N2CCN(C)C(C)(C)C2)cc([N+](=O)[O-])c1. The number of nitro groups is 1. The highest BCUT2D eigenvalue weighted by Crippen LogP contribution is 2.30. The lowest BCUT2D eigenvalue weighted by atomic mass is 9.99. The van der Waals surface area contributed by atoms with E-state index in [0.29, 0.717) is 0 Å². The Kier molecular flexibility index (Phi) is 4.37. The lowest BCUT2D eigenvalue weighted by molar-refractivity contribution is -0.384. The first-order valence-corrected chi connectivity index (χ1v) is 7.33. The van der Waals surface area contributed by atoms with Crippen LogP contribution in [0.15, 0.2) is 18.2 Å². The van der Waals surface area contributed by atoms with Crippen LogP contribution in [-0.2, 0) is 0 Å². The van der Waals surface area contributed by atoms with Crippen molar-refractivity contribution in [3.63, 3.8) is 0 Å². The van der Waals surface area contributed by atoms with Crippen molar-refractivity contribution in [3.05, 3.63) is 28.3 Å². The van der Waals surface area contributed by atoms with Gasteiger partial charge < -0.3 is 10.2 Å². The van der Waals surface area contributed by atoms with E-state index in [1.54, 1.807) is 12.1 Å². The number of nitro benzene ring substituents is 1. The van der Waals surface area contributed by atoms with Gasteiger partial charge >= 0.3 is 0 Å². The number of hydrogen-bond acceptors (Lipinski definition) is 5. The second-order valence-electron chi connectivity index (χ2n) is 6.18. The van der Waals surface area contributed by atoms with Crippen LogP contribution < -0.4 is 10.2 Å². The molecule has 6 nitrogen and oxygen atoms in total. The lowest BCUT2D eigenvalue weighted by Gasteiger charge is -2.46. The minimum Gasteiger partial charge on any atom is -0.385 e. The summed E-state index contributed by atoms with van der Waals surface area (Å²) in [4.78, 5) is 15.4. The standard InChI is InChI=1S/C15H24N4O2/c1-5-16-12-8-13(10-14(9-12)19(20)21)18-7-6-17(4)15(2,3)11-18/h8-10,16H,5-7,11H2,1-4H3. The molecule has 1 aliphatic heterocycles. The van der Waals surface area contributed by atoms with Crippen LogP contribution in [0.3, 0.4) is 0 Å². The van der Waals surface area contributed by atoms with Crippen molar-refractivity contribution < 1.29 is 4.92 Å². The predicted octanol–water partition coefficient (Wildman–Crippen LogP) is 2.56. The second kappa shape index (κ2) is 5.89. The zero-order chi connectivity index (χ0) is 15.6. The molecule has 0 spiro atoms. The summed E-state index contributed by atoms with van der Waals surface area (Å²) in [6.07, 6.45) is 0. The highest BCUT2D eigenvalue weighted by molar-refractivity contribution is 5.65. The maximum atomic E-state index is 11.1. The fourth-order valence-electron chi connectivity index (χ4n) is 2.65. The summed E-state index contributed by atoms with van der Waals surface area (Å²) in [5.74, 6) is 0. The first kappa shape index (κ1) is 15.6. The average molecular weight is 292 g/mol. The van der Waals surface area contributed by atoms with Crippen LogP contribution in [0, 0.1) is 10.1 Å². The number of non-ortho nitro benzene ring substituents is 1. The van der Waals surface area contributed by atoms with E-state index < -0.39 is 0 Å². The molecule has 1 N–H and O–H groups in total. The number of hydrogen-bond donors (Lipinski definition) is 1. The van der Waals surface area contributed by atoms with Gasteiger partial charge in [0, 0.05) is 55.2 Å². The molecule has 6 heteroatoms. The van der Waals surface area contributed by atoms with E-state index in [1.807, 2.05) is 13.0 Å². The highest BCUT2D eigenvalue weighted by atomic mass is 16.6. The maximum Gasteiger partial charge on any atom is 0.273 e.